The maximum absolute atomic E-state index is 11.9. The van der Waals surface area contributed by atoms with E-state index in [0.29, 0.717) is 37.8 Å². The first kappa shape index (κ1) is 14.0. The summed E-state index contributed by atoms with van der Waals surface area (Å²) in [7, 11) is 0. The molecule has 0 aromatic heterocycles. The van der Waals surface area contributed by atoms with Crippen molar-refractivity contribution in [2.24, 2.45) is 5.92 Å². The molecule has 3 atom stereocenters. The number of rotatable bonds is 2. The van der Waals surface area contributed by atoms with Gasteiger partial charge in [-0.15, -0.1) is 0 Å². The molecule has 0 bridgehead atoms. The van der Waals surface area contributed by atoms with Crippen LogP contribution in [0.5, 0.6) is 0 Å². The molecular weight excluding hydrogens is 256 g/mol. The second-order valence-corrected chi connectivity index (χ2v) is 6.45. The summed E-state index contributed by atoms with van der Waals surface area (Å²) in [6.07, 6.45) is 5.57. The second-order valence-electron chi connectivity index (χ2n) is 6.45. The molecule has 0 aromatic rings. The molecule has 0 aliphatic carbocycles. The number of carbonyl (C=O) groups excluding carboxylic acids is 2. The number of nitrogens with zero attached hydrogens (tertiary/aromatic N) is 2. The van der Waals surface area contributed by atoms with Crippen LogP contribution >= 0.6 is 0 Å². The third-order valence-electron chi connectivity index (χ3n) is 5.07. The van der Waals surface area contributed by atoms with Gasteiger partial charge in [0, 0.05) is 32.0 Å². The van der Waals surface area contributed by atoms with E-state index in [1.54, 1.807) is 0 Å². The summed E-state index contributed by atoms with van der Waals surface area (Å²) in [5.74, 6) is 0.408. The van der Waals surface area contributed by atoms with E-state index in [0.717, 1.165) is 38.8 Å². The van der Waals surface area contributed by atoms with Crippen LogP contribution in [0.1, 0.15) is 44.9 Å². The molecule has 5 nitrogen and oxygen atoms in total. The van der Waals surface area contributed by atoms with Gasteiger partial charge in [-0.25, -0.2) is 0 Å². The molecule has 0 radical (unpaired) electrons. The van der Waals surface area contributed by atoms with Crippen molar-refractivity contribution < 1.29 is 14.7 Å². The van der Waals surface area contributed by atoms with Crippen LogP contribution in [0.2, 0.25) is 0 Å². The molecule has 112 valence electrons. The Morgan fingerprint density at radius 2 is 1.80 bits per heavy atom. The van der Waals surface area contributed by atoms with Crippen molar-refractivity contribution in [2.45, 2.75) is 57.1 Å². The van der Waals surface area contributed by atoms with E-state index >= 15 is 0 Å². The number of amides is 2. The number of aliphatic hydroxyl groups is 1. The van der Waals surface area contributed by atoms with Gasteiger partial charge in [-0.1, -0.05) is 0 Å². The molecule has 2 amide bonds. The van der Waals surface area contributed by atoms with Gasteiger partial charge < -0.3 is 5.11 Å². The Morgan fingerprint density at radius 1 is 1.05 bits per heavy atom. The summed E-state index contributed by atoms with van der Waals surface area (Å²) < 4.78 is 0. The number of hydrogen-bond donors (Lipinski definition) is 1. The highest BCUT2D eigenvalue weighted by atomic mass is 16.3. The Balaban J connectivity index is 1.66. The van der Waals surface area contributed by atoms with Crippen LogP contribution < -0.4 is 0 Å². The topological polar surface area (TPSA) is 60.9 Å². The van der Waals surface area contributed by atoms with Crippen molar-refractivity contribution in [2.75, 3.05) is 19.6 Å². The average Bonchev–Trinajstić information content (AvgIpc) is 2.42. The molecule has 1 N–H and O–H groups in total. The van der Waals surface area contributed by atoms with E-state index in [2.05, 4.69) is 4.90 Å². The molecule has 3 unspecified atom stereocenters. The van der Waals surface area contributed by atoms with Crippen LogP contribution in [-0.2, 0) is 9.59 Å². The van der Waals surface area contributed by atoms with Crippen molar-refractivity contribution in [1.82, 2.24) is 9.80 Å². The minimum Gasteiger partial charge on any atom is -0.392 e. The molecule has 0 aromatic carbocycles. The van der Waals surface area contributed by atoms with Crippen molar-refractivity contribution in [3.05, 3.63) is 0 Å². The SMILES string of the molecule is O=C1CCCC(=O)N1CC1CCCN2CC(O)CCC12. The highest BCUT2D eigenvalue weighted by molar-refractivity contribution is 5.97. The standard InChI is InChI=1S/C15H24N2O3/c18-12-6-7-13-11(3-2-8-16(13)10-12)9-17-14(19)4-1-5-15(17)20/h11-13,18H,1-10H2. The minimum absolute atomic E-state index is 0.00853. The van der Waals surface area contributed by atoms with Crippen molar-refractivity contribution in [1.29, 1.82) is 0 Å². The van der Waals surface area contributed by atoms with Crippen LogP contribution in [0.4, 0.5) is 0 Å². The van der Waals surface area contributed by atoms with Gasteiger partial charge in [0.2, 0.25) is 11.8 Å². The zero-order valence-electron chi connectivity index (χ0n) is 12.0. The lowest BCUT2D eigenvalue weighted by molar-refractivity contribution is -0.149. The summed E-state index contributed by atoms with van der Waals surface area (Å²) in [6, 6.07) is 0.440. The van der Waals surface area contributed by atoms with Crippen molar-refractivity contribution >= 4 is 11.8 Å². The molecule has 3 saturated heterocycles. The molecule has 3 rings (SSSR count). The van der Waals surface area contributed by atoms with Crippen molar-refractivity contribution in [3.63, 3.8) is 0 Å². The first-order chi connectivity index (χ1) is 9.65. The fourth-order valence-electron chi connectivity index (χ4n) is 4.03. The molecule has 3 aliphatic rings. The monoisotopic (exact) mass is 280 g/mol. The van der Waals surface area contributed by atoms with Gasteiger partial charge in [0.05, 0.1) is 6.10 Å². The fourth-order valence-corrected chi connectivity index (χ4v) is 4.03. The maximum atomic E-state index is 11.9. The van der Waals surface area contributed by atoms with E-state index in [-0.39, 0.29) is 17.9 Å². The molecule has 3 aliphatic heterocycles. The Morgan fingerprint density at radius 3 is 2.55 bits per heavy atom. The molecule has 0 spiro atoms. The molecule has 5 heteroatoms. The van der Waals surface area contributed by atoms with Crippen LogP contribution in [-0.4, -0.2) is 58.5 Å². The number of likely N-dealkylation sites (tertiary alicyclic amines) is 1. The number of fused-ring (bicyclic) bond motifs is 1. The van der Waals surface area contributed by atoms with Gasteiger partial charge >= 0.3 is 0 Å². The van der Waals surface area contributed by atoms with Gasteiger partial charge in [-0.2, -0.15) is 0 Å². The third-order valence-corrected chi connectivity index (χ3v) is 5.07. The van der Waals surface area contributed by atoms with Crippen LogP contribution in [0.25, 0.3) is 0 Å². The summed E-state index contributed by atoms with van der Waals surface area (Å²) in [6.45, 7) is 2.39. The summed E-state index contributed by atoms with van der Waals surface area (Å²) in [5.41, 5.74) is 0. The highest BCUT2D eigenvalue weighted by Gasteiger charge is 2.38. The predicted molar refractivity (Wildman–Crippen MR) is 73.9 cm³/mol. The molecule has 3 fully saturated rings. The Bertz CT molecular complexity index is 383. The lowest BCUT2D eigenvalue weighted by Gasteiger charge is -2.46. The van der Waals surface area contributed by atoms with Gasteiger partial charge in [0.15, 0.2) is 0 Å². The first-order valence-corrected chi connectivity index (χ1v) is 7.90. The summed E-state index contributed by atoms with van der Waals surface area (Å²) >= 11 is 0. The summed E-state index contributed by atoms with van der Waals surface area (Å²) in [5, 5.41) is 9.78. The number of hydrogen-bond acceptors (Lipinski definition) is 4. The smallest absolute Gasteiger partial charge is 0.229 e. The zero-order valence-corrected chi connectivity index (χ0v) is 12.0. The Kier molecular flexibility index (Phi) is 4.08. The number of carbonyl (C=O) groups is 2. The van der Waals surface area contributed by atoms with E-state index in [4.69, 9.17) is 0 Å². The lowest BCUT2D eigenvalue weighted by Crippen LogP contribution is -2.55. The average molecular weight is 280 g/mol. The molecular formula is C15H24N2O3. The highest BCUT2D eigenvalue weighted by Crippen LogP contribution is 2.32. The third kappa shape index (κ3) is 2.74. The Hall–Kier alpha value is -0.940. The van der Waals surface area contributed by atoms with E-state index in [1.165, 1.54) is 4.90 Å². The fraction of sp³-hybridized carbons (Fsp3) is 0.867. The van der Waals surface area contributed by atoms with E-state index in [1.807, 2.05) is 0 Å². The summed E-state index contributed by atoms with van der Waals surface area (Å²) in [4.78, 5) is 27.7. The molecule has 0 saturated carbocycles. The quantitative estimate of drug-likeness (QED) is 0.759. The normalized spacial score (nSPS) is 36.0. The van der Waals surface area contributed by atoms with Gasteiger partial charge in [0.25, 0.3) is 0 Å². The first-order valence-electron chi connectivity index (χ1n) is 7.90. The Labute approximate surface area is 119 Å². The van der Waals surface area contributed by atoms with Crippen LogP contribution in [0.3, 0.4) is 0 Å². The largest absolute Gasteiger partial charge is 0.392 e. The maximum Gasteiger partial charge on any atom is 0.229 e. The van der Waals surface area contributed by atoms with Crippen molar-refractivity contribution in [3.8, 4) is 0 Å². The van der Waals surface area contributed by atoms with Gasteiger partial charge in [-0.3, -0.25) is 19.4 Å². The van der Waals surface area contributed by atoms with Gasteiger partial charge in [0.1, 0.15) is 0 Å². The number of imide groups is 1. The van der Waals surface area contributed by atoms with E-state index < -0.39 is 0 Å². The van der Waals surface area contributed by atoms with Crippen LogP contribution in [0.15, 0.2) is 0 Å². The molecule has 3 heterocycles. The van der Waals surface area contributed by atoms with E-state index in [9.17, 15) is 14.7 Å². The lowest BCUT2D eigenvalue weighted by atomic mass is 9.82. The minimum atomic E-state index is -0.205. The number of piperidine rings is 3. The van der Waals surface area contributed by atoms with Gasteiger partial charge in [-0.05, 0) is 44.6 Å². The van der Waals surface area contributed by atoms with Crippen LogP contribution in [0, 0.1) is 5.92 Å². The predicted octanol–water partition coefficient (Wildman–Crippen LogP) is 0.761. The zero-order chi connectivity index (χ0) is 14.1. The molecule has 20 heavy (non-hydrogen) atoms. The number of aliphatic hydroxyl groups excluding tert-OH is 1. The second kappa shape index (κ2) is 5.82.